The first-order valence-corrected chi connectivity index (χ1v) is 3.79. The van der Waals surface area contributed by atoms with Crippen molar-refractivity contribution in [2.45, 2.75) is 20.0 Å². The van der Waals surface area contributed by atoms with Crippen molar-refractivity contribution < 1.29 is 18.0 Å². The van der Waals surface area contributed by atoms with Gasteiger partial charge in [-0.25, -0.2) is 0 Å². The van der Waals surface area contributed by atoms with Gasteiger partial charge >= 0.3 is 6.18 Å². The Morgan fingerprint density at radius 2 is 1.73 bits per heavy atom. The summed E-state index contributed by atoms with van der Waals surface area (Å²) in [5.74, 6) is -1.04. The Bertz CT molecular complexity index is 166. The number of nitrogens with one attached hydrogen (secondary N) is 1. The van der Waals surface area contributed by atoms with Crippen molar-refractivity contribution in [3.05, 3.63) is 0 Å². The second kappa shape index (κ2) is 3.16. The molecule has 0 heterocycles. The van der Waals surface area contributed by atoms with Gasteiger partial charge < -0.3 is 0 Å². The highest BCUT2D eigenvalue weighted by molar-refractivity contribution is 14.1. The van der Waals surface area contributed by atoms with E-state index in [1.807, 2.05) is 3.53 Å². The Labute approximate surface area is 76.0 Å². The lowest BCUT2D eigenvalue weighted by atomic mass is 9.92. The molecule has 1 N–H and O–H groups in total. The van der Waals surface area contributed by atoms with E-state index in [-0.39, 0.29) is 0 Å². The van der Waals surface area contributed by atoms with Gasteiger partial charge in [-0.15, -0.1) is 0 Å². The molecule has 0 aliphatic carbocycles. The summed E-state index contributed by atoms with van der Waals surface area (Å²) in [6, 6.07) is 0. The summed E-state index contributed by atoms with van der Waals surface area (Å²) in [4.78, 5) is 10.6. The third kappa shape index (κ3) is 2.21. The van der Waals surface area contributed by atoms with Gasteiger partial charge in [0.25, 0.3) is 0 Å². The highest BCUT2D eigenvalue weighted by Crippen LogP contribution is 2.37. The van der Waals surface area contributed by atoms with Gasteiger partial charge in [0.15, 0.2) is 0 Å². The number of rotatable bonds is 1. The molecule has 6 heteroatoms. The molecule has 0 rings (SSSR count). The molecule has 0 saturated carbocycles. The van der Waals surface area contributed by atoms with Gasteiger partial charge in [-0.2, -0.15) is 13.2 Å². The van der Waals surface area contributed by atoms with Crippen LogP contribution in [0.15, 0.2) is 0 Å². The number of hydrogen-bond acceptors (Lipinski definition) is 1. The minimum atomic E-state index is -4.50. The van der Waals surface area contributed by atoms with Crippen LogP contribution in [0.1, 0.15) is 13.8 Å². The largest absolute Gasteiger partial charge is 0.402 e. The molecule has 0 fully saturated rings. The zero-order valence-electron chi connectivity index (χ0n) is 5.92. The predicted octanol–water partition coefficient (Wildman–Crippen LogP) is 2.04. The molecule has 0 aliphatic heterocycles. The van der Waals surface area contributed by atoms with Gasteiger partial charge in [0.1, 0.15) is 5.41 Å². The maximum Gasteiger partial charge on any atom is 0.402 e. The van der Waals surface area contributed by atoms with Crippen molar-refractivity contribution in [1.82, 2.24) is 3.53 Å². The van der Waals surface area contributed by atoms with Crippen LogP contribution in [0.3, 0.4) is 0 Å². The van der Waals surface area contributed by atoms with E-state index in [0.29, 0.717) is 0 Å². The zero-order valence-corrected chi connectivity index (χ0v) is 8.08. The summed E-state index contributed by atoms with van der Waals surface area (Å²) >= 11 is 1.38. The highest BCUT2D eigenvalue weighted by atomic mass is 127. The van der Waals surface area contributed by atoms with E-state index in [0.717, 1.165) is 13.8 Å². The summed E-state index contributed by atoms with van der Waals surface area (Å²) in [7, 11) is 0. The molecular weight excluding hydrogens is 274 g/mol. The summed E-state index contributed by atoms with van der Waals surface area (Å²) < 4.78 is 37.9. The first kappa shape index (κ1) is 11.0. The molecule has 0 aliphatic rings. The van der Waals surface area contributed by atoms with Crippen molar-refractivity contribution in [2.75, 3.05) is 0 Å². The Hall–Kier alpha value is -0.0100. The van der Waals surface area contributed by atoms with Crippen LogP contribution in [0.25, 0.3) is 0 Å². The van der Waals surface area contributed by atoms with E-state index in [1.54, 1.807) is 0 Å². The number of carbonyl (C=O) groups is 1. The van der Waals surface area contributed by atoms with Gasteiger partial charge in [-0.3, -0.25) is 8.32 Å². The van der Waals surface area contributed by atoms with E-state index < -0.39 is 17.5 Å². The third-order valence-electron chi connectivity index (χ3n) is 1.36. The Kier molecular flexibility index (Phi) is 3.15. The fourth-order valence-corrected chi connectivity index (χ4v) is 0.921. The average molecular weight is 281 g/mol. The molecule has 0 spiro atoms. The molecule has 66 valence electrons. The topological polar surface area (TPSA) is 29.1 Å². The van der Waals surface area contributed by atoms with Crippen molar-refractivity contribution in [1.29, 1.82) is 0 Å². The standard InChI is InChI=1S/C5H7F3INO/c1-4(2,3(11)10-9)5(6,7)8/h1-2H3,(H,10,11). The Morgan fingerprint density at radius 3 is 1.82 bits per heavy atom. The summed E-state index contributed by atoms with van der Waals surface area (Å²) in [5.41, 5.74) is -2.31. The Balaban J connectivity index is 4.59. The quantitative estimate of drug-likeness (QED) is 0.578. The maximum atomic E-state index is 12.0. The van der Waals surface area contributed by atoms with Crippen molar-refractivity contribution >= 4 is 28.8 Å². The predicted molar refractivity (Wildman–Crippen MR) is 42.0 cm³/mol. The molecule has 0 radical (unpaired) electrons. The molecule has 1 amide bonds. The summed E-state index contributed by atoms with van der Waals surface area (Å²) in [5, 5.41) is 0. The van der Waals surface area contributed by atoms with Gasteiger partial charge in [0.2, 0.25) is 5.91 Å². The molecular formula is C5H7F3INO. The molecule has 0 atom stereocenters. The van der Waals surface area contributed by atoms with Crippen LogP contribution < -0.4 is 3.53 Å². The fourth-order valence-electron chi connectivity index (χ4n) is 0.247. The van der Waals surface area contributed by atoms with Crippen molar-refractivity contribution in [3.63, 3.8) is 0 Å². The van der Waals surface area contributed by atoms with Gasteiger partial charge in [-0.05, 0) is 13.8 Å². The van der Waals surface area contributed by atoms with Crippen LogP contribution in [0.4, 0.5) is 13.2 Å². The molecule has 2 nitrogen and oxygen atoms in total. The summed E-state index contributed by atoms with van der Waals surface area (Å²) in [6.07, 6.45) is -4.50. The second-order valence-corrected chi connectivity index (χ2v) is 3.09. The number of alkyl halides is 3. The Morgan fingerprint density at radius 1 is 1.36 bits per heavy atom. The monoisotopic (exact) mass is 281 g/mol. The number of carbonyl (C=O) groups excluding carboxylic acids is 1. The third-order valence-corrected chi connectivity index (χ3v) is 1.85. The highest BCUT2D eigenvalue weighted by Gasteiger charge is 2.52. The lowest BCUT2D eigenvalue weighted by molar-refractivity contribution is -0.210. The minimum Gasteiger partial charge on any atom is -0.298 e. The second-order valence-electron chi connectivity index (χ2n) is 2.55. The molecule has 0 saturated heterocycles. The van der Waals surface area contributed by atoms with Gasteiger partial charge in [0.05, 0.1) is 22.9 Å². The molecule has 0 bridgehead atoms. The van der Waals surface area contributed by atoms with Gasteiger partial charge in [0, 0.05) is 0 Å². The number of amides is 1. The van der Waals surface area contributed by atoms with Crippen LogP contribution in [0.5, 0.6) is 0 Å². The van der Waals surface area contributed by atoms with E-state index in [1.165, 1.54) is 22.9 Å². The normalized spacial score (nSPS) is 12.9. The number of hydrogen-bond donors (Lipinski definition) is 1. The van der Waals surface area contributed by atoms with Crippen LogP contribution in [0, 0.1) is 5.41 Å². The molecule has 0 aromatic heterocycles. The minimum absolute atomic E-state index is 0.834. The maximum absolute atomic E-state index is 12.0. The molecule has 0 aromatic carbocycles. The molecule has 0 aromatic rings. The number of halogens is 4. The fraction of sp³-hybridized carbons (Fsp3) is 0.800. The SMILES string of the molecule is CC(C)(C(=O)NI)C(F)(F)F. The zero-order chi connectivity index (χ0) is 9.28. The van der Waals surface area contributed by atoms with E-state index in [9.17, 15) is 18.0 Å². The van der Waals surface area contributed by atoms with Crippen molar-refractivity contribution in [2.24, 2.45) is 5.41 Å². The van der Waals surface area contributed by atoms with Crippen LogP contribution >= 0.6 is 22.9 Å². The first-order chi connectivity index (χ1) is 4.73. The molecule has 0 unspecified atom stereocenters. The lowest BCUT2D eigenvalue weighted by Crippen LogP contribution is -2.43. The lowest BCUT2D eigenvalue weighted by Gasteiger charge is -2.24. The van der Waals surface area contributed by atoms with E-state index in [4.69, 9.17) is 0 Å². The van der Waals surface area contributed by atoms with Crippen molar-refractivity contribution in [3.8, 4) is 0 Å². The van der Waals surface area contributed by atoms with Gasteiger partial charge in [-0.1, -0.05) is 0 Å². The van der Waals surface area contributed by atoms with Crippen LogP contribution in [0.2, 0.25) is 0 Å². The van der Waals surface area contributed by atoms with E-state index in [2.05, 4.69) is 0 Å². The first-order valence-electron chi connectivity index (χ1n) is 2.71. The molecule has 11 heavy (non-hydrogen) atoms. The summed E-state index contributed by atoms with van der Waals surface area (Å²) in [6.45, 7) is 1.67. The average Bonchev–Trinajstić information content (AvgIpc) is 1.83. The smallest absolute Gasteiger partial charge is 0.298 e. The van der Waals surface area contributed by atoms with Crippen LogP contribution in [-0.2, 0) is 4.79 Å². The van der Waals surface area contributed by atoms with Crippen LogP contribution in [-0.4, -0.2) is 12.1 Å². The van der Waals surface area contributed by atoms with E-state index >= 15 is 0 Å².